The second kappa shape index (κ2) is 8.76. The number of benzene rings is 2. The van der Waals surface area contributed by atoms with Crippen molar-refractivity contribution in [1.82, 2.24) is 4.98 Å². The van der Waals surface area contributed by atoms with Crippen molar-refractivity contribution in [3.05, 3.63) is 72.6 Å². The molecule has 132 valence electrons. The summed E-state index contributed by atoms with van der Waals surface area (Å²) in [5, 5.41) is 17.4. The Morgan fingerprint density at radius 2 is 1.73 bits per heavy atom. The third-order valence-electron chi connectivity index (χ3n) is 4.11. The number of pyridine rings is 1. The van der Waals surface area contributed by atoms with Crippen LogP contribution in [0.3, 0.4) is 0 Å². The summed E-state index contributed by atoms with van der Waals surface area (Å²) in [6.45, 7) is 0. The molecule has 0 saturated carbocycles. The molecule has 0 spiro atoms. The number of hydrogen-bond donors (Lipinski definition) is 1. The van der Waals surface area contributed by atoms with E-state index in [1.807, 2.05) is 48.5 Å². The van der Waals surface area contributed by atoms with Crippen LogP contribution in [0.15, 0.2) is 72.0 Å². The number of aliphatic carboxylic acids is 1. The number of carbonyl (C=O) groups is 1. The van der Waals surface area contributed by atoms with E-state index in [0.717, 1.165) is 27.9 Å². The first-order chi connectivity index (χ1) is 12.7. The number of nitrogens with zero attached hydrogens (tertiary/aromatic N) is 2. The lowest BCUT2D eigenvalue weighted by molar-refractivity contribution is -0.305. The molecule has 0 saturated heterocycles. The van der Waals surface area contributed by atoms with Gasteiger partial charge in [0.15, 0.2) is 0 Å². The van der Waals surface area contributed by atoms with Gasteiger partial charge in [-0.1, -0.05) is 42.5 Å². The summed E-state index contributed by atoms with van der Waals surface area (Å²) >= 11 is 0. The van der Waals surface area contributed by atoms with Crippen molar-refractivity contribution in [3.8, 4) is 0 Å². The average molecular weight is 346 g/mol. The molecule has 2 aromatic carbocycles. The predicted molar refractivity (Wildman–Crippen MR) is 102 cm³/mol. The van der Waals surface area contributed by atoms with Gasteiger partial charge in [0.05, 0.1) is 17.1 Å². The fourth-order valence-electron chi connectivity index (χ4n) is 2.79. The summed E-state index contributed by atoms with van der Waals surface area (Å²) in [6, 6.07) is 19.8. The minimum atomic E-state index is -1.02. The summed E-state index contributed by atoms with van der Waals surface area (Å²) in [5.41, 5.74) is 5.67. The number of carboxylic acid groups (broad SMARTS) is 1. The van der Waals surface area contributed by atoms with Gasteiger partial charge in [-0.2, -0.15) is 5.10 Å². The second-order valence-corrected chi connectivity index (χ2v) is 5.99. The highest BCUT2D eigenvalue weighted by Gasteiger charge is 2.06. The Balaban J connectivity index is 1.80. The van der Waals surface area contributed by atoms with Gasteiger partial charge in [-0.15, -0.1) is 0 Å². The zero-order chi connectivity index (χ0) is 18.2. The molecule has 3 aromatic rings. The number of anilines is 1. The highest BCUT2D eigenvalue weighted by atomic mass is 16.4. The van der Waals surface area contributed by atoms with E-state index in [9.17, 15) is 9.90 Å². The standard InChI is InChI=1S/C21H21N3O2/c25-21(26)14-4-3-12-20(19-11-5-6-15-22-19)24-23-18-13-7-9-16-8-1-2-10-17(16)18/h1-2,5-11,13,15,23H,3-4,12,14H2,(H,25,26)/p-1/b24-20-. The highest BCUT2D eigenvalue weighted by molar-refractivity contribution is 6.00. The van der Waals surface area contributed by atoms with Crippen LogP contribution in [0.25, 0.3) is 10.8 Å². The molecule has 1 N–H and O–H groups in total. The summed E-state index contributed by atoms with van der Waals surface area (Å²) in [5.74, 6) is -1.02. The molecule has 26 heavy (non-hydrogen) atoms. The minimum absolute atomic E-state index is 0.0618. The molecule has 0 bridgehead atoms. The number of rotatable bonds is 8. The van der Waals surface area contributed by atoms with E-state index in [4.69, 9.17) is 0 Å². The summed E-state index contributed by atoms with van der Waals surface area (Å²) in [6.07, 6.45) is 3.70. The predicted octanol–water partition coefficient (Wildman–Crippen LogP) is 3.36. The zero-order valence-electron chi connectivity index (χ0n) is 14.4. The van der Waals surface area contributed by atoms with Gasteiger partial charge < -0.3 is 9.90 Å². The van der Waals surface area contributed by atoms with Gasteiger partial charge in [-0.25, -0.2) is 0 Å². The molecular weight excluding hydrogens is 326 g/mol. The first-order valence-electron chi connectivity index (χ1n) is 8.65. The van der Waals surface area contributed by atoms with E-state index < -0.39 is 5.97 Å². The second-order valence-electron chi connectivity index (χ2n) is 5.99. The van der Waals surface area contributed by atoms with Crippen molar-refractivity contribution in [2.24, 2.45) is 5.10 Å². The van der Waals surface area contributed by atoms with Crippen LogP contribution in [-0.4, -0.2) is 16.7 Å². The van der Waals surface area contributed by atoms with Gasteiger partial charge in [0.2, 0.25) is 0 Å². The molecule has 0 aliphatic rings. The molecular formula is C21H20N3O2-. The van der Waals surface area contributed by atoms with Crippen molar-refractivity contribution < 1.29 is 9.90 Å². The van der Waals surface area contributed by atoms with Crippen molar-refractivity contribution in [2.75, 3.05) is 5.43 Å². The lowest BCUT2D eigenvalue weighted by atomic mass is 10.1. The number of carboxylic acids is 1. The van der Waals surface area contributed by atoms with Crippen LogP contribution in [0.5, 0.6) is 0 Å². The Bertz CT molecular complexity index is 902. The summed E-state index contributed by atoms with van der Waals surface area (Å²) in [7, 11) is 0. The number of fused-ring (bicyclic) bond motifs is 1. The average Bonchev–Trinajstić information content (AvgIpc) is 2.68. The molecule has 3 rings (SSSR count). The van der Waals surface area contributed by atoms with E-state index in [2.05, 4.69) is 27.6 Å². The van der Waals surface area contributed by atoms with Crippen molar-refractivity contribution in [3.63, 3.8) is 0 Å². The third-order valence-corrected chi connectivity index (χ3v) is 4.11. The molecule has 0 aliphatic heterocycles. The van der Waals surface area contributed by atoms with Crippen LogP contribution >= 0.6 is 0 Å². The molecule has 0 atom stereocenters. The molecule has 5 nitrogen and oxygen atoms in total. The zero-order valence-corrected chi connectivity index (χ0v) is 14.4. The summed E-state index contributed by atoms with van der Waals surface area (Å²) < 4.78 is 0. The van der Waals surface area contributed by atoms with Gasteiger partial charge in [-0.3, -0.25) is 10.4 Å². The van der Waals surface area contributed by atoms with E-state index >= 15 is 0 Å². The molecule has 0 aliphatic carbocycles. The van der Waals surface area contributed by atoms with Gasteiger partial charge >= 0.3 is 0 Å². The molecule has 1 aromatic heterocycles. The highest BCUT2D eigenvalue weighted by Crippen LogP contribution is 2.23. The van der Waals surface area contributed by atoms with Crippen LogP contribution in [-0.2, 0) is 4.79 Å². The molecule has 0 fully saturated rings. The Hall–Kier alpha value is -3.21. The van der Waals surface area contributed by atoms with Crippen LogP contribution in [0, 0.1) is 0 Å². The van der Waals surface area contributed by atoms with E-state index in [1.54, 1.807) is 6.20 Å². The van der Waals surface area contributed by atoms with Crippen LogP contribution < -0.4 is 10.5 Å². The smallest absolute Gasteiger partial charge is 0.0863 e. The number of aromatic nitrogens is 1. The number of hydrogen-bond acceptors (Lipinski definition) is 5. The molecule has 0 radical (unpaired) electrons. The van der Waals surface area contributed by atoms with Crippen LogP contribution in [0.4, 0.5) is 5.69 Å². The lowest BCUT2D eigenvalue weighted by Gasteiger charge is -2.10. The Kier molecular flexibility index (Phi) is 5.93. The van der Waals surface area contributed by atoms with Gasteiger partial charge in [0.1, 0.15) is 0 Å². The minimum Gasteiger partial charge on any atom is -0.550 e. The number of nitrogens with one attached hydrogen (secondary N) is 1. The number of hydrazone groups is 1. The summed E-state index contributed by atoms with van der Waals surface area (Å²) in [4.78, 5) is 15.0. The first kappa shape index (κ1) is 17.6. The Morgan fingerprint density at radius 3 is 2.54 bits per heavy atom. The number of unbranched alkanes of at least 4 members (excludes halogenated alkanes) is 1. The first-order valence-corrected chi connectivity index (χ1v) is 8.65. The fraction of sp³-hybridized carbons (Fsp3) is 0.190. The monoisotopic (exact) mass is 346 g/mol. The van der Waals surface area contributed by atoms with E-state index in [0.29, 0.717) is 19.3 Å². The van der Waals surface area contributed by atoms with Gasteiger partial charge in [0.25, 0.3) is 0 Å². The van der Waals surface area contributed by atoms with Crippen LogP contribution in [0.1, 0.15) is 31.4 Å². The normalized spacial score (nSPS) is 11.5. The molecule has 0 amide bonds. The SMILES string of the molecule is O=C([O-])CCCC/C(=N/Nc1cccc2ccccc12)c1ccccn1. The molecule has 5 heteroatoms. The van der Waals surface area contributed by atoms with Crippen molar-refractivity contribution in [1.29, 1.82) is 0 Å². The van der Waals surface area contributed by atoms with Gasteiger partial charge in [-0.05, 0) is 49.3 Å². The topological polar surface area (TPSA) is 77.4 Å². The quantitative estimate of drug-likeness (QED) is 0.385. The molecule has 0 unspecified atom stereocenters. The molecule has 1 heterocycles. The maximum absolute atomic E-state index is 10.6. The lowest BCUT2D eigenvalue weighted by Crippen LogP contribution is -2.21. The van der Waals surface area contributed by atoms with Crippen molar-refractivity contribution in [2.45, 2.75) is 25.7 Å². The number of carbonyl (C=O) groups excluding carboxylic acids is 1. The maximum Gasteiger partial charge on any atom is 0.0863 e. The fourth-order valence-corrected chi connectivity index (χ4v) is 2.79. The van der Waals surface area contributed by atoms with E-state index in [1.165, 1.54) is 0 Å². The van der Waals surface area contributed by atoms with Crippen molar-refractivity contribution >= 4 is 28.1 Å². The Morgan fingerprint density at radius 1 is 0.962 bits per heavy atom. The van der Waals surface area contributed by atoms with E-state index in [-0.39, 0.29) is 6.42 Å². The van der Waals surface area contributed by atoms with Gasteiger partial charge in [0, 0.05) is 17.6 Å². The maximum atomic E-state index is 10.6. The Labute approximate surface area is 152 Å². The van der Waals surface area contributed by atoms with Crippen LogP contribution in [0.2, 0.25) is 0 Å². The third kappa shape index (κ3) is 4.66. The largest absolute Gasteiger partial charge is 0.550 e.